The van der Waals surface area contributed by atoms with Crippen LogP contribution >= 0.6 is 11.3 Å². The molecule has 21 heavy (non-hydrogen) atoms. The molecule has 7 nitrogen and oxygen atoms in total. The lowest BCUT2D eigenvalue weighted by atomic mass is 9.98. The SMILES string of the molecule is CON=COC(=O)Cc1nc2sc(C(C)(C)C)nn2c1C. The number of hydrogen-bond donors (Lipinski definition) is 0. The van der Waals surface area contributed by atoms with Gasteiger partial charge in [-0.15, -0.1) is 0 Å². The second-order valence-corrected chi connectivity index (χ2v) is 6.51. The van der Waals surface area contributed by atoms with E-state index in [0.29, 0.717) is 5.69 Å². The number of hydrogen-bond acceptors (Lipinski definition) is 7. The maximum Gasteiger partial charge on any atom is 0.318 e. The molecule has 2 rings (SSSR count). The van der Waals surface area contributed by atoms with E-state index in [4.69, 9.17) is 4.74 Å². The van der Waals surface area contributed by atoms with Crippen molar-refractivity contribution in [1.29, 1.82) is 0 Å². The monoisotopic (exact) mass is 310 g/mol. The van der Waals surface area contributed by atoms with Crippen molar-refractivity contribution in [3.63, 3.8) is 0 Å². The molecule has 0 aliphatic carbocycles. The fourth-order valence-corrected chi connectivity index (χ4v) is 2.68. The van der Waals surface area contributed by atoms with Gasteiger partial charge in [-0.1, -0.05) is 37.3 Å². The molecule has 0 bridgehead atoms. The normalized spacial score (nSPS) is 12.2. The Balaban J connectivity index is 2.19. The maximum atomic E-state index is 11.6. The van der Waals surface area contributed by atoms with E-state index in [1.165, 1.54) is 18.4 Å². The number of imidazole rings is 1. The third-order valence-corrected chi connectivity index (χ3v) is 4.15. The van der Waals surface area contributed by atoms with Crippen LogP contribution in [-0.2, 0) is 26.2 Å². The van der Waals surface area contributed by atoms with Crippen LogP contribution in [0.2, 0.25) is 0 Å². The number of oxime groups is 1. The van der Waals surface area contributed by atoms with Gasteiger partial charge >= 0.3 is 5.97 Å². The van der Waals surface area contributed by atoms with Crippen LogP contribution in [0.25, 0.3) is 4.96 Å². The summed E-state index contributed by atoms with van der Waals surface area (Å²) < 4.78 is 6.54. The number of aromatic nitrogens is 3. The van der Waals surface area contributed by atoms with Crippen molar-refractivity contribution in [2.45, 2.75) is 39.5 Å². The van der Waals surface area contributed by atoms with Crippen LogP contribution in [0.1, 0.15) is 37.2 Å². The summed E-state index contributed by atoms with van der Waals surface area (Å²) in [4.78, 5) is 21.3. The molecule has 0 atom stereocenters. The highest BCUT2D eigenvalue weighted by atomic mass is 32.1. The van der Waals surface area contributed by atoms with Gasteiger partial charge in [0.2, 0.25) is 11.4 Å². The van der Waals surface area contributed by atoms with Gasteiger partial charge in [-0.2, -0.15) is 5.10 Å². The zero-order chi connectivity index (χ0) is 15.6. The van der Waals surface area contributed by atoms with E-state index in [1.807, 2.05) is 6.92 Å². The van der Waals surface area contributed by atoms with E-state index in [1.54, 1.807) is 4.52 Å². The Morgan fingerprint density at radius 2 is 2.19 bits per heavy atom. The van der Waals surface area contributed by atoms with Crippen molar-refractivity contribution in [3.05, 3.63) is 16.4 Å². The number of nitrogens with zero attached hydrogens (tertiary/aromatic N) is 4. The summed E-state index contributed by atoms with van der Waals surface area (Å²) >= 11 is 1.53. The van der Waals surface area contributed by atoms with Gasteiger partial charge in [-0.25, -0.2) is 9.50 Å². The predicted octanol–water partition coefficient (Wildman–Crippen LogP) is 2.07. The van der Waals surface area contributed by atoms with Gasteiger partial charge in [-0.05, 0) is 6.92 Å². The van der Waals surface area contributed by atoms with Crippen molar-refractivity contribution < 1.29 is 14.4 Å². The summed E-state index contributed by atoms with van der Waals surface area (Å²) in [6.45, 7) is 8.20. The highest BCUT2D eigenvalue weighted by Gasteiger charge is 2.22. The molecule has 0 aliphatic heterocycles. The summed E-state index contributed by atoms with van der Waals surface area (Å²) in [5.41, 5.74) is 1.48. The number of ether oxygens (including phenoxy) is 1. The molecule has 0 saturated carbocycles. The summed E-state index contributed by atoms with van der Waals surface area (Å²) in [6, 6.07) is 0. The number of fused-ring (bicyclic) bond motifs is 1. The summed E-state index contributed by atoms with van der Waals surface area (Å²) in [5.74, 6) is -0.444. The van der Waals surface area contributed by atoms with Crippen molar-refractivity contribution in [3.8, 4) is 0 Å². The van der Waals surface area contributed by atoms with Crippen LogP contribution in [0.5, 0.6) is 0 Å². The molecule has 0 aromatic carbocycles. The number of carbonyl (C=O) groups excluding carboxylic acids is 1. The molecular formula is C13H18N4O3S. The molecule has 2 heterocycles. The predicted molar refractivity (Wildman–Crippen MR) is 79.6 cm³/mol. The first kappa shape index (κ1) is 15.4. The Hall–Kier alpha value is -1.96. The highest BCUT2D eigenvalue weighted by molar-refractivity contribution is 7.16. The minimum absolute atomic E-state index is 0.0203. The number of rotatable bonds is 4. The van der Waals surface area contributed by atoms with Crippen LogP contribution in [0, 0.1) is 6.92 Å². The third-order valence-electron chi connectivity index (χ3n) is 2.81. The minimum atomic E-state index is -0.444. The van der Waals surface area contributed by atoms with E-state index in [2.05, 4.69) is 40.8 Å². The largest absolute Gasteiger partial charge is 0.411 e. The smallest absolute Gasteiger partial charge is 0.318 e. The molecule has 0 fully saturated rings. The second kappa shape index (κ2) is 5.80. The average molecular weight is 310 g/mol. The van der Waals surface area contributed by atoms with Crippen molar-refractivity contribution in [1.82, 2.24) is 14.6 Å². The highest BCUT2D eigenvalue weighted by Crippen LogP contribution is 2.28. The summed E-state index contributed by atoms with van der Waals surface area (Å²) in [7, 11) is 1.37. The van der Waals surface area contributed by atoms with Gasteiger partial charge in [0.15, 0.2) is 0 Å². The molecule has 8 heteroatoms. The Kier molecular flexibility index (Phi) is 4.26. The van der Waals surface area contributed by atoms with Crippen LogP contribution in [-0.4, -0.2) is 34.1 Å². The van der Waals surface area contributed by atoms with Gasteiger partial charge in [0.25, 0.3) is 0 Å². The van der Waals surface area contributed by atoms with E-state index >= 15 is 0 Å². The molecule has 0 aliphatic rings. The molecule has 0 saturated heterocycles. The summed E-state index contributed by atoms with van der Waals surface area (Å²) in [5, 5.41) is 8.91. The first-order valence-electron chi connectivity index (χ1n) is 6.43. The molecule has 0 unspecified atom stereocenters. The van der Waals surface area contributed by atoms with Crippen LogP contribution in [0.4, 0.5) is 0 Å². The van der Waals surface area contributed by atoms with Crippen molar-refractivity contribution >= 4 is 28.7 Å². The zero-order valence-corrected chi connectivity index (χ0v) is 13.5. The van der Waals surface area contributed by atoms with Gasteiger partial charge in [-0.3, -0.25) is 4.79 Å². The number of esters is 1. The lowest BCUT2D eigenvalue weighted by Gasteiger charge is -2.12. The van der Waals surface area contributed by atoms with Crippen molar-refractivity contribution in [2.75, 3.05) is 7.11 Å². The van der Waals surface area contributed by atoms with E-state index in [0.717, 1.165) is 22.1 Å². The molecule has 0 radical (unpaired) electrons. The molecule has 2 aromatic heterocycles. The molecule has 2 aromatic rings. The molecule has 0 N–H and O–H groups in total. The Labute approximate surface area is 126 Å². The van der Waals surface area contributed by atoms with Gasteiger partial charge in [0, 0.05) is 5.41 Å². The van der Waals surface area contributed by atoms with Crippen molar-refractivity contribution in [2.24, 2.45) is 5.16 Å². The van der Waals surface area contributed by atoms with E-state index in [9.17, 15) is 4.79 Å². The minimum Gasteiger partial charge on any atom is -0.411 e. The third kappa shape index (κ3) is 3.38. The van der Waals surface area contributed by atoms with Gasteiger partial charge < -0.3 is 9.57 Å². The summed E-state index contributed by atoms with van der Waals surface area (Å²) in [6.07, 6.45) is 1.04. The second-order valence-electron chi connectivity index (χ2n) is 5.56. The van der Waals surface area contributed by atoms with E-state index in [-0.39, 0.29) is 11.8 Å². The van der Waals surface area contributed by atoms with Crippen LogP contribution < -0.4 is 0 Å². The number of carbonyl (C=O) groups is 1. The van der Waals surface area contributed by atoms with E-state index < -0.39 is 5.97 Å². The zero-order valence-electron chi connectivity index (χ0n) is 12.7. The fraction of sp³-hybridized carbons (Fsp3) is 0.538. The quantitative estimate of drug-likeness (QED) is 0.374. The molecule has 114 valence electrons. The average Bonchev–Trinajstić information content (AvgIpc) is 2.91. The molecule has 0 spiro atoms. The Bertz CT molecular complexity index is 681. The molecule has 0 amide bonds. The maximum absolute atomic E-state index is 11.6. The first-order valence-corrected chi connectivity index (χ1v) is 7.24. The van der Waals surface area contributed by atoms with Crippen LogP contribution in [0.15, 0.2) is 5.16 Å². The topological polar surface area (TPSA) is 78.1 Å². The number of aryl methyl sites for hydroxylation is 1. The van der Waals surface area contributed by atoms with Gasteiger partial charge in [0.1, 0.15) is 12.1 Å². The van der Waals surface area contributed by atoms with Gasteiger partial charge in [0.05, 0.1) is 17.8 Å². The van der Waals surface area contributed by atoms with Crippen LogP contribution in [0.3, 0.4) is 0 Å². The Morgan fingerprint density at radius 1 is 1.48 bits per heavy atom. The standard InChI is InChI=1S/C13H18N4O3S/c1-8-9(6-10(18)20-7-14-19-5)15-12-17(8)16-11(21-12)13(2,3)4/h7H,6H2,1-5H3. The lowest BCUT2D eigenvalue weighted by molar-refractivity contribution is -0.134. The lowest BCUT2D eigenvalue weighted by Crippen LogP contribution is -2.12. The first-order chi connectivity index (χ1) is 9.82. The fourth-order valence-electron chi connectivity index (χ4n) is 1.66. The molecular weight excluding hydrogens is 292 g/mol. The Morgan fingerprint density at radius 3 is 2.76 bits per heavy atom.